The van der Waals surface area contributed by atoms with Crippen LogP contribution in [0.1, 0.15) is 31.7 Å². The maximum absolute atomic E-state index is 12.3. The van der Waals surface area contributed by atoms with Gasteiger partial charge >= 0.3 is 0 Å². The van der Waals surface area contributed by atoms with Crippen molar-refractivity contribution in [1.82, 2.24) is 5.32 Å². The Balaban J connectivity index is 1.42. The number of anilines is 2. The second kappa shape index (κ2) is 10.7. The highest BCUT2D eigenvalue weighted by molar-refractivity contribution is 7.92. The van der Waals surface area contributed by atoms with Gasteiger partial charge < -0.3 is 15.0 Å². The van der Waals surface area contributed by atoms with E-state index in [0.29, 0.717) is 30.4 Å². The van der Waals surface area contributed by atoms with E-state index in [9.17, 15) is 13.2 Å². The molecule has 2 aromatic carbocycles. The van der Waals surface area contributed by atoms with E-state index >= 15 is 0 Å². The van der Waals surface area contributed by atoms with Crippen LogP contribution in [0.4, 0.5) is 11.4 Å². The number of nitrogens with zero attached hydrogens (tertiary/aromatic N) is 2. The third-order valence-corrected chi connectivity index (χ3v) is 6.95. The van der Waals surface area contributed by atoms with Crippen LogP contribution in [0.25, 0.3) is 0 Å². The van der Waals surface area contributed by atoms with Crippen molar-refractivity contribution in [1.29, 1.82) is 0 Å². The molecule has 174 valence electrons. The molecule has 3 rings (SSSR count). The minimum absolute atomic E-state index is 0.0565. The smallest absolute Gasteiger partial charge is 0.232 e. The van der Waals surface area contributed by atoms with Crippen LogP contribution in [-0.2, 0) is 21.2 Å². The third-order valence-electron chi connectivity index (χ3n) is 5.75. The van der Waals surface area contributed by atoms with Gasteiger partial charge in [-0.05, 0) is 49.9 Å². The Morgan fingerprint density at radius 3 is 2.72 bits per heavy atom. The number of para-hydroxylation sites is 1. The Morgan fingerprint density at radius 2 is 1.97 bits per heavy atom. The summed E-state index contributed by atoms with van der Waals surface area (Å²) in [6.45, 7) is 3.97. The Labute approximate surface area is 191 Å². The Bertz CT molecular complexity index is 1030. The normalized spacial score (nSPS) is 15.3. The van der Waals surface area contributed by atoms with Gasteiger partial charge in [-0.1, -0.05) is 24.3 Å². The molecule has 2 aromatic rings. The quantitative estimate of drug-likeness (QED) is 0.522. The first-order chi connectivity index (χ1) is 15.3. The fourth-order valence-electron chi connectivity index (χ4n) is 4.17. The number of sulfonamides is 1. The molecule has 8 heteroatoms. The zero-order chi connectivity index (χ0) is 23.1. The van der Waals surface area contributed by atoms with Gasteiger partial charge in [-0.3, -0.25) is 9.10 Å². The van der Waals surface area contributed by atoms with Crippen molar-refractivity contribution < 1.29 is 17.9 Å². The van der Waals surface area contributed by atoms with Crippen LogP contribution >= 0.6 is 0 Å². The molecule has 0 spiro atoms. The molecule has 0 saturated heterocycles. The molecule has 1 N–H and O–H groups in total. The number of nitrogens with one attached hydrogen (secondary N) is 1. The van der Waals surface area contributed by atoms with Crippen molar-refractivity contribution >= 4 is 27.3 Å². The summed E-state index contributed by atoms with van der Waals surface area (Å²) < 4.78 is 31.0. The van der Waals surface area contributed by atoms with Gasteiger partial charge in [0.25, 0.3) is 0 Å². The molecule has 7 nitrogen and oxygen atoms in total. The summed E-state index contributed by atoms with van der Waals surface area (Å²) >= 11 is 0. The van der Waals surface area contributed by atoms with Gasteiger partial charge in [0.15, 0.2) is 0 Å². The zero-order valence-corrected chi connectivity index (χ0v) is 19.9. The molecule has 0 saturated carbocycles. The molecular weight excluding hydrogens is 426 g/mol. The number of methoxy groups -OCH3 is 1. The molecule has 0 bridgehead atoms. The van der Waals surface area contributed by atoms with Crippen molar-refractivity contribution in [2.45, 2.75) is 38.6 Å². The van der Waals surface area contributed by atoms with E-state index in [1.807, 2.05) is 0 Å². The first kappa shape index (κ1) is 23.9. The highest BCUT2D eigenvalue weighted by atomic mass is 32.2. The van der Waals surface area contributed by atoms with Crippen molar-refractivity contribution in [2.24, 2.45) is 0 Å². The minimum atomic E-state index is -3.46. The number of carbonyl (C=O) groups excluding carboxylic acids is 1. The molecule has 1 amide bonds. The number of rotatable bonds is 11. The standard InChI is InChI=1S/C24H33N3O4S/c1-19-17-20-9-4-5-12-23(20)26(19)15-8-14-25-24(28)13-7-16-27(32(3,29)30)21-10-6-11-22(18-21)31-2/h4-6,9-12,18-19H,7-8,13-17H2,1-3H3,(H,25,28)/t19-/m1/s1. The highest BCUT2D eigenvalue weighted by Gasteiger charge is 2.24. The summed E-state index contributed by atoms with van der Waals surface area (Å²) in [6.07, 6.45) is 3.81. The van der Waals surface area contributed by atoms with Crippen molar-refractivity contribution in [3.63, 3.8) is 0 Å². The predicted octanol–water partition coefficient (Wildman–Crippen LogP) is 3.20. The molecule has 32 heavy (non-hydrogen) atoms. The van der Waals surface area contributed by atoms with Crippen LogP contribution in [0, 0.1) is 0 Å². The van der Waals surface area contributed by atoms with Crippen molar-refractivity contribution in [2.75, 3.05) is 42.2 Å². The Morgan fingerprint density at radius 1 is 1.19 bits per heavy atom. The molecule has 0 radical (unpaired) electrons. The molecular formula is C24H33N3O4S. The summed E-state index contributed by atoms with van der Waals surface area (Å²) in [5, 5.41) is 2.96. The van der Waals surface area contributed by atoms with Gasteiger partial charge in [-0.15, -0.1) is 0 Å². The van der Waals surface area contributed by atoms with E-state index in [4.69, 9.17) is 4.74 Å². The first-order valence-electron chi connectivity index (χ1n) is 11.0. The van der Waals surface area contributed by atoms with Gasteiger partial charge in [0.05, 0.1) is 19.1 Å². The van der Waals surface area contributed by atoms with Crippen LogP contribution < -0.4 is 19.3 Å². The van der Waals surface area contributed by atoms with E-state index in [0.717, 1.165) is 19.4 Å². The van der Waals surface area contributed by atoms with Gasteiger partial charge in [0, 0.05) is 43.9 Å². The number of benzene rings is 2. The minimum Gasteiger partial charge on any atom is -0.497 e. The van der Waals surface area contributed by atoms with Crippen LogP contribution in [-0.4, -0.2) is 53.4 Å². The predicted molar refractivity (Wildman–Crippen MR) is 129 cm³/mol. The number of ether oxygens (including phenoxy) is 1. The average molecular weight is 460 g/mol. The molecule has 0 fully saturated rings. The fraction of sp³-hybridized carbons (Fsp3) is 0.458. The summed E-state index contributed by atoms with van der Waals surface area (Å²) in [4.78, 5) is 14.7. The van der Waals surface area contributed by atoms with Gasteiger partial charge in [-0.25, -0.2) is 8.42 Å². The topological polar surface area (TPSA) is 79.0 Å². The highest BCUT2D eigenvalue weighted by Crippen LogP contribution is 2.31. The lowest BCUT2D eigenvalue weighted by molar-refractivity contribution is -0.121. The van der Waals surface area contributed by atoms with Crippen molar-refractivity contribution in [3.05, 3.63) is 54.1 Å². The van der Waals surface area contributed by atoms with E-state index in [-0.39, 0.29) is 18.9 Å². The van der Waals surface area contributed by atoms with Crippen molar-refractivity contribution in [3.8, 4) is 5.75 Å². The lowest BCUT2D eigenvalue weighted by Crippen LogP contribution is -2.34. The summed E-state index contributed by atoms with van der Waals surface area (Å²) in [6, 6.07) is 15.9. The Kier molecular flexibility index (Phi) is 8.01. The van der Waals surface area contributed by atoms with E-state index in [1.54, 1.807) is 24.3 Å². The second-order valence-electron chi connectivity index (χ2n) is 8.22. The van der Waals surface area contributed by atoms with E-state index in [2.05, 4.69) is 41.4 Å². The van der Waals surface area contributed by atoms with Crippen LogP contribution in [0.5, 0.6) is 5.75 Å². The Hall–Kier alpha value is -2.74. The third kappa shape index (κ3) is 6.16. The van der Waals surface area contributed by atoms with Gasteiger partial charge in [0.2, 0.25) is 15.9 Å². The maximum Gasteiger partial charge on any atom is 0.232 e. The van der Waals surface area contributed by atoms with Crippen LogP contribution in [0.2, 0.25) is 0 Å². The van der Waals surface area contributed by atoms with Gasteiger partial charge in [0.1, 0.15) is 5.75 Å². The number of amides is 1. The molecule has 1 heterocycles. The van der Waals surface area contributed by atoms with E-state index < -0.39 is 10.0 Å². The van der Waals surface area contributed by atoms with Crippen LogP contribution in [0.15, 0.2) is 48.5 Å². The zero-order valence-electron chi connectivity index (χ0n) is 19.1. The van der Waals surface area contributed by atoms with Crippen LogP contribution in [0.3, 0.4) is 0 Å². The largest absolute Gasteiger partial charge is 0.497 e. The summed E-state index contributed by atoms with van der Waals surface area (Å²) in [7, 11) is -1.92. The summed E-state index contributed by atoms with van der Waals surface area (Å²) in [5.74, 6) is 0.530. The lowest BCUT2D eigenvalue weighted by Gasteiger charge is -2.25. The number of hydrogen-bond donors (Lipinski definition) is 1. The fourth-order valence-corrected chi connectivity index (χ4v) is 5.13. The molecule has 0 aromatic heterocycles. The summed E-state index contributed by atoms with van der Waals surface area (Å²) in [5.41, 5.74) is 3.22. The molecule has 0 aliphatic carbocycles. The molecule has 1 atom stereocenters. The monoisotopic (exact) mass is 459 g/mol. The molecule has 1 aliphatic heterocycles. The maximum atomic E-state index is 12.3. The second-order valence-corrected chi connectivity index (χ2v) is 10.1. The first-order valence-corrected chi connectivity index (χ1v) is 12.9. The number of hydrogen-bond acceptors (Lipinski definition) is 5. The SMILES string of the molecule is COc1cccc(N(CCCC(=O)NCCCN2c3ccccc3C[C@H]2C)S(C)(=O)=O)c1. The average Bonchev–Trinajstić information content (AvgIpc) is 3.08. The molecule has 0 unspecified atom stereocenters. The number of fused-ring (bicyclic) bond motifs is 1. The van der Waals surface area contributed by atoms with E-state index in [1.165, 1.54) is 28.9 Å². The van der Waals surface area contributed by atoms with Gasteiger partial charge in [-0.2, -0.15) is 0 Å². The molecule has 1 aliphatic rings. The lowest BCUT2D eigenvalue weighted by atomic mass is 10.1. The number of carbonyl (C=O) groups is 1.